The number of benzene rings is 3. The Balaban J connectivity index is 1.59. The molecule has 0 aromatic heterocycles. The molecule has 1 saturated heterocycles. The van der Waals surface area contributed by atoms with Crippen LogP contribution in [-0.4, -0.2) is 11.8 Å². The summed E-state index contributed by atoms with van der Waals surface area (Å²) in [5.41, 5.74) is 2.48. The minimum absolute atomic E-state index is 0.0914. The van der Waals surface area contributed by atoms with Gasteiger partial charge in [0.05, 0.1) is 0 Å². The van der Waals surface area contributed by atoms with Gasteiger partial charge in [-0.05, 0) is 54.6 Å². The van der Waals surface area contributed by atoms with Gasteiger partial charge in [0.1, 0.15) is 0 Å². The van der Waals surface area contributed by atoms with Crippen LogP contribution in [0, 0.1) is 0 Å². The Morgan fingerprint density at radius 2 is 1.31 bits per heavy atom. The summed E-state index contributed by atoms with van der Waals surface area (Å²) in [6, 6.07) is 33.6. The van der Waals surface area contributed by atoms with Gasteiger partial charge in [-0.1, -0.05) is 117 Å². The molecule has 1 aliphatic heterocycles. The van der Waals surface area contributed by atoms with Gasteiger partial charge < -0.3 is 0 Å². The lowest BCUT2D eigenvalue weighted by atomic mass is 10.1. The van der Waals surface area contributed by atoms with Crippen LogP contribution in [-0.2, 0) is 0 Å². The molecule has 0 saturated carbocycles. The van der Waals surface area contributed by atoms with Crippen molar-refractivity contribution in [3.63, 3.8) is 0 Å². The summed E-state index contributed by atoms with van der Waals surface area (Å²) in [5, 5.41) is 6.14. The van der Waals surface area contributed by atoms with Crippen LogP contribution < -0.4 is 15.9 Å². The summed E-state index contributed by atoms with van der Waals surface area (Å²) in [6.07, 6.45) is 10.1. The van der Waals surface area contributed by atoms with E-state index in [1.807, 2.05) is 0 Å². The number of hydrogen-bond donors (Lipinski definition) is 0. The van der Waals surface area contributed by atoms with Crippen LogP contribution in [0.4, 0.5) is 0 Å². The maximum Gasteiger partial charge on any atom is 0.00536 e. The van der Waals surface area contributed by atoms with Crippen LogP contribution in [0.25, 0.3) is 0 Å². The van der Waals surface area contributed by atoms with E-state index in [0.29, 0.717) is 0 Å². The van der Waals surface area contributed by atoms with Gasteiger partial charge in [0.25, 0.3) is 0 Å². The lowest BCUT2D eigenvalue weighted by Gasteiger charge is -2.27. The first-order chi connectivity index (χ1) is 14.4. The summed E-state index contributed by atoms with van der Waals surface area (Å²) in [7, 11) is -0.584. The van der Waals surface area contributed by atoms with Gasteiger partial charge in [-0.3, -0.25) is 0 Å². The Bertz CT molecular complexity index is 967. The second-order valence-electron chi connectivity index (χ2n) is 7.71. The summed E-state index contributed by atoms with van der Waals surface area (Å²) < 4.78 is 0. The Kier molecular flexibility index (Phi) is 5.76. The largest absolute Gasteiger partial charge is 0.0798 e. The summed E-state index contributed by atoms with van der Waals surface area (Å²) >= 11 is 0. The quantitative estimate of drug-likeness (QED) is 0.431. The molecule has 0 spiro atoms. The lowest BCUT2D eigenvalue weighted by Crippen LogP contribution is -2.16. The van der Waals surface area contributed by atoms with Crippen molar-refractivity contribution in [1.29, 1.82) is 0 Å². The number of rotatable bonds is 5. The van der Waals surface area contributed by atoms with Crippen LogP contribution in [0.1, 0.15) is 19.3 Å². The van der Waals surface area contributed by atoms with E-state index in [9.17, 15) is 0 Å². The molecule has 5 rings (SSSR count). The third-order valence-corrected chi connectivity index (χ3v) is 11.6. The highest BCUT2D eigenvalue weighted by Gasteiger charge is 2.34. The van der Waals surface area contributed by atoms with Crippen LogP contribution in [0.2, 0.25) is 0 Å². The van der Waals surface area contributed by atoms with Gasteiger partial charge in [0.15, 0.2) is 0 Å². The molecule has 0 N–H and O–H groups in total. The fourth-order valence-electron chi connectivity index (χ4n) is 4.67. The Labute approximate surface area is 176 Å². The zero-order valence-corrected chi connectivity index (χ0v) is 18.4. The SMILES string of the molecule is C1=CC(P(c2ccccc2)c2ccccc2)=C([C@H]2CCCP2c2ccccc2)C1. The van der Waals surface area contributed by atoms with Crippen molar-refractivity contribution >= 4 is 31.8 Å². The molecular weight excluding hydrogens is 386 g/mol. The molecular formula is C27H26P2. The maximum atomic E-state index is 2.46. The average molecular weight is 412 g/mol. The van der Waals surface area contributed by atoms with Gasteiger partial charge in [0, 0.05) is 5.66 Å². The van der Waals surface area contributed by atoms with Crippen molar-refractivity contribution in [2.45, 2.75) is 24.9 Å². The first-order valence-electron chi connectivity index (χ1n) is 10.5. The van der Waals surface area contributed by atoms with E-state index >= 15 is 0 Å². The van der Waals surface area contributed by atoms with Gasteiger partial charge in [-0.2, -0.15) is 0 Å². The monoisotopic (exact) mass is 412 g/mol. The molecule has 2 aliphatic rings. The highest BCUT2D eigenvalue weighted by Crippen LogP contribution is 2.58. The highest BCUT2D eigenvalue weighted by atomic mass is 31.1. The molecule has 29 heavy (non-hydrogen) atoms. The fourth-order valence-corrected chi connectivity index (χ4v) is 10.5. The molecule has 1 heterocycles. The minimum Gasteiger partial charge on any atom is -0.0798 e. The van der Waals surface area contributed by atoms with E-state index in [0.717, 1.165) is 12.1 Å². The van der Waals surface area contributed by atoms with Crippen molar-refractivity contribution in [3.8, 4) is 0 Å². The Hall–Kier alpha value is -2.00. The van der Waals surface area contributed by atoms with E-state index in [1.165, 1.54) is 29.6 Å². The fraction of sp³-hybridized carbons (Fsp3) is 0.185. The number of allylic oxidation sites excluding steroid dienone is 4. The molecule has 1 fully saturated rings. The van der Waals surface area contributed by atoms with E-state index in [-0.39, 0.29) is 7.92 Å². The first-order valence-corrected chi connectivity index (χ1v) is 13.5. The second kappa shape index (κ2) is 8.79. The molecule has 1 aliphatic carbocycles. The van der Waals surface area contributed by atoms with Crippen LogP contribution in [0.3, 0.4) is 0 Å². The maximum absolute atomic E-state index is 2.46. The molecule has 0 bridgehead atoms. The zero-order chi connectivity index (χ0) is 19.5. The molecule has 0 radical (unpaired) electrons. The molecule has 3 aromatic rings. The molecule has 0 amide bonds. The van der Waals surface area contributed by atoms with Gasteiger partial charge >= 0.3 is 0 Å². The molecule has 3 aromatic carbocycles. The highest BCUT2D eigenvalue weighted by molar-refractivity contribution is 7.77. The Morgan fingerprint density at radius 1 is 0.724 bits per heavy atom. The third kappa shape index (κ3) is 3.90. The third-order valence-electron chi connectivity index (χ3n) is 5.96. The lowest BCUT2D eigenvalue weighted by molar-refractivity contribution is 0.839. The molecule has 0 nitrogen and oxygen atoms in total. The van der Waals surface area contributed by atoms with Crippen LogP contribution in [0.5, 0.6) is 0 Å². The molecule has 2 atom stereocenters. The number of hydrogen-bond acceptors (Lipinski definition) is 0. The first kappa shape index (κ1) is 19.0. The van der Waals surface area contributed by atoms with E-state index < -0.39 is 7.92 Å². The molecule has 1 unspecified atom stereocenters. The topological polar surface area (TPSA) is 0 Å². The van der Waals surface area contributed by atoms with Crippen LogP contribution >= 0.6 is 15.8 Å². The normalized spacial score (nSPS) is 21.3. The predicted octanol–water partition coefficient (Wildman–Crippen LogP) is 6.30. The molecule has 2 heteroatoms. The molecule has 144 valence electrons. The van der Waals surface area contributed by atoms with Crippen molar-refractivity contribution in [3.05, 3.63) is 114 Å². The van der Waals surface area contributed by atoms with E-state index in [4.69, 9.17) is 0 Å². The minimum atomic E-state index is -0.492. The summed E-state index contributed by atoms with van der Waals surface area (Å²) in [4.78, 5) is 0. The van der Waals surface area contributed by atoms with Gasteiger partial charge in [0.2, 0.25) is 0 Å². The van der Waals surface area contributed by atoms with Crippen molar-refractivity contribution < 1.29 is 0 Å². The Morgan fingerprint density at radius 3 is 1.93 bits per heavy atom. The summed E-state index contributed by atoms with van der Waals surface area (Å²) in [6.45, 7) is 0. The van der Waals surface area contributed by atoms with Crippen molar-refractivity contribution in [1.82, 2.24) is 0 Å². The average Bonchev–Trinajstić information content (AvgIpc) is 3.46. The summed E-state index contributed by atoms with van der Waals surface area (Å²) in [5.74, 6) is 0. The smallest absolute Gasteiger partial charge is 0.00536 e. The van der Waals surface area contributed by atoms with Gasteiger partial charge in [-0.15, -0.1) is 0 Å². The van der Waals surface area contributed by atoms with E-state index in [1.54, 1.807) is 16.2 Å². The van der Waals surface area contributed by atoms with Gasteiger partial charge in [-0.25, -0.2) is 0 Å². The van der Waals surface area contributed by atoms with E-state index in [2.05, 4.69) is 103 Å². The second-order valence-corrected chi connectivity index (χ2v) is 12.4. The standard InChI is InChI=1S/C27H26P2/c1-4-12-22(13-5-1)28-21-11-20-26(28)25-18-10-19-27(25)29(23-14-6-2-7-15-23)24-16-8-3-9-17-24/h1-10,12-17,19,26H,11,18,20-21H2/t26-,28?/m1/s1. The van der Waals surface area contributed by atoms with Crippen LogP contribution in [0.15, 0.2) is 114 Å². The predicted molar refractivity (Wildman–Crippen MR) is 131 cm³/mol. The van der Waals surface area contributed by atoms with Crippen molar-refractivity contribution in [2.75, 3.05) is 6.16 Å². The zero-order valence-electron chi connectivity index (χ0n) is 16.6. The van der Waals surface area contributed by atoms with Crippen molar-refractivity contribution in [2.24, 2.45) is 0 Å².